The standard InChI is InChI=1S/C9H3Cl2N/c10-5-2-1-4-3-6(11)9-7(5)8(4)12-9/h1-3H. The highest BCUT2D eigenvalue weighted by molar-refractivity contribution is 6.43. The quantitative estimate of drug-likeness (QED) is 0.535. The zero-order chi connectivity index (χ0) is 8.29. The Balaban J connectivity index is 2.70. The van der Waals surface area contributed by atoms with E-state index in [4.69, 9.17) is 23.2 Å². The van der Waals surface area contributed by atoms with Gasteiger partial charge in [-0.2, -0.15) is 0 Å². The average Bonchev–Trinajstić information content (AvgIpc) is 1.96. The fourth-order valence-corrected chi connectivity index (χ4v) is 2.03. The van der Waals surface area contributed by atoms with Gasteiger partial charge in [-0.15, -0.1) is 0 Å². The third kappa shape index (κ3) is 0.598. The minimum Gasteiger partial charge on any atom is -0.245 e. The summed E-state index contributed by atoms with van der Waals surface area (Å²) in [6.07, 6.45) is 0. The lowest BCUT2D eigenvalue weighted by Gasteiger charge is -2.12. The summed E-state index contributed by atoms with van der Waals surface area (Å²) in [7, 11) is 0. The van der Waals surface area contributed by atoms with Crippen molar-refractivity contribution >= 4 is 45.0 Å². The molecule has 0 saturated carbocycles. The first kappa shape index (κ1) is 6.70. The van der Waals surface area contributed by atoms with Crippen LogP contribution in [-0.4, -0.2) is 4.98 Å². The second-order valence-corrected chi connectivity index (χ2v) is 3.63. The highest BCUT2D eigenvalue weighted by Gasteiger charge is 2.16. The summed E-state index contributed by atoms with van der Waals surface area (Å²) < 4.78 is 0. The highest BCUT2D eigenvalue weighted by Crippen LogP contribution is 2.39. The van der Waals surface area contributed by atoms with Crippen LogP contribution in [0.4, 0.5) is 0 Å². The normalized spacial score (nSPS) is 12.2. The van der Waals surface area contributed by atoms with Gasteiger partial charge in [0.15, 0.2) is 0 Å². The Labute approximate surface area is 78.6 Å². The first-order valence-corrected chi connectivity index (χ1v) is 4.32. The molecule has 2 aromatic carbocycles. The summed E-state index contributed by atoms with van der Waals surface area (Å²) >= 11 is 11.9. The molecule has 0 N–H and O–H groups in total. The van der Waals surface area contributed by atoms with Crippen molar-refractivity contribution in [2.75, 3.05) is 0 Å². The molecule has 0 fully saturated rings. The van der Waals surface area contributed by atoms with Gasteiger partial charge < -0.3 is 0 Å². The molecule has 4 bridgehead atoms. The SMILES string of the molecule is Clc1cc2ccc(Cl)c3c1N=c23. The minimum atomic E-state index is 0.692. The first-order valence-electron chi connectivity index (χ1n) is 3.56. The maximum atomic E-state index is 5.96. The van der Waals surface area contributed by atoms with Gasteiger partial charge in [0.25, 0.3) is 0 Å². The second-order valence-electron chi connectivity index (χ2n) is 2.81. The third-order valence-electron chi connectivity index (χ3n) is 2.13. The van der Waals surface area contributed by atoms with Crippen LogP contribution in [0.15, 0.2) is 18.2 Å². The number of benzene rings is 2. The molecule has 0 aliphatic carbocycles. The lowest BCUT2D eigenvalue weighted by Crippen LogP contribution is -1.93. The van der Waals surface area contributed by atoms with Gasteiger partial charge in [-0.1, -0.05) is 29.3 Å². The Morgan fingerprint density at radius 1 is 1.00 bits per heavy atom. The number of halogens is 2. The van der Waals surface area contributed by atoms with Crippen LogP contribution in [0.2, 0.25) is 10.0 Å². The molecule has 0 amide bonds. The van der Waals surface area contributed by atoms with Crippen molar-refractivity contribution in [1.29, 1.82) is 0 Å². The predicted molar refractivity (Wildman–Crippen MR) is 51.6 cm³/mol. The Kier molecular flexibility index (Phi) is 1.07. The summed E-state index contributed by atoms with van der Waals surface area (Å²) in [4.78, 5) is 4.25. The molecular weight excluding hydrogens is 193 g/mol. The minimum absolute atomic E-state index is 0.692. The zero-order valence-corrected chi connectivity index (χ0v) is 7.45. The van der Waals surface area contributed by atoms with Gasteiger partial charge >= 0.3 is 0 Å². The van der Waals surface area contributed by atoms with Crippen molar-refractivity contribution in [2.45, 2.75) is 0 Å². The van der Waals surface area contributed by atoms with E-state index in [0.29, 0.717) is 5.02 Å². The molecule has 4 rings (SSSR count). The van der Waals surface area contributed by atoms with Crippen LogP contribution in [0, 0.1) is 0 Å². The van der Waals surface area contributed by atoms with E-state index < -0.39 is 0 Å². The van der Waals surface area contributed by atoms with Crippen molar-refractivity contribution in [1.82, 2.24) is 4.98 Å². The molecule has 12 heavy (non-hydrogen) atoms. The van der Waals surface area contributed by atoms with Crippen LogP contribution >= 0.6 is 23.2 Å². The number of nitrogens with zero attached hydrogens (tertiary/aromatic N) is 1. The van der Waals surface area contributed by atoms with Crippen LogP contribution in [0.5, 0.6) is 0 Å². The summed E-state index contributed by atoms with van der Waals surface area (Å²) in [5.74, 6) is 0. The van der Waals surface area contributed by atoms with E-state index in [2.05, 4.69) is 4.98 Å². The third-order valence-corrected chi connectivity index (χ3v) is 2.73. The Morgan fingerprint density at radius 2 is 1.83 bits per heavy atom. The molecule has 0 unspecified atom stereocenters. The molecule has 0 radical (unpaired) electrons. The Bertz CT molecular complexity index is 541. The molecule has 0 atom stereocenters. The van der Waals surface area contributed by atoms with Gasteiger partial charge in [0.05, 0.1) is 21.1 Å². The largest absolute Gasteiger partial charge is 0.245 e. The fourth-order valence-electron chi connectivity index (χ4n) is 1.54. The average molecular weight is 196 g/mol. The van der Waals surface area contributed by atoms with E-state index in [-0.39, 0.29) is 0 Å². The molecule has 0 spiro atoms. The molecular formula is C9H3Cl2N. The van der Waals surface area contributed by atoms with Crippen LogP contribution in [-0.2, 0) is 0 Å². The van der Waals surface area contributed by atoms with Crippen LogP contribution < -0.4 is 0 Å². The van der Waals surface area contributed by atoms with Gasteiger partial charge in [0, 0.05) is 10.8 Å². The zero-order valence-electron chi connectivity index (χ0n) is 5.94. The van der Waals surface area contributed by atoms with Crippen molar-refractivity contribution in [3.63, 3.8) is 0 Å². The highest BCUT2D eigenvalue weighted by atomic mass is 35.5. The van der Waals surface area contributed by atoms with E-state index in [0.717, 1.165) is 26.8 Å². The summed E-state index contributed by atoms with van der Waals surface area (Å²) in [6.45, 7) is 0. The number of hydrogen-bond donors (Lipinski definition) is 0. The van der Waals surface area contributed by atoms with E-state index in [1.807, 2.05) is 18.2 Å². The van der Waals surface area contributed by atoms with E-state index in [9.17, 15) is 0 Å². The molecule has 2 heterocycles. The number of hydrogen-bond acceptors (Lipinski definition) is 1. The smallest absolute Gasteiger partial charge is 0.0933 e. The summed E-state index contributed by atoms with van der Waals surface area (Å²) in [6, 6.07) is 5.73. The Morgan fingerprint density at radius 3 is 2.58 bits per heavy atom. The Hall–Kier alpha value is -0.790. The van der Waals surface area contributed by atoms with Gasteiger partial charge in [-0.3, -0.25) is 0 Å². The second kappa shape index (κ2) is 1.93. The topological polar surface area (TPSA) is 12.9 Å². The van der Waals surface area contributed by atoms with Crippen LogP contribution in [0.3, 0.4) is 0 Å². The van der Waals surface area contributed by atoms with Crippen molar-refractivity contribution in [3.8, 4) is 0 Å². The maximum Gasteiger partial charge on any atom is 0.0933 e. The molecule has 4 aromatic rings. The fraction of sp³-hybridized carbons (Fsp3) is 0. The van der Waals surface area contributed by atoms with E-state index >= 15 is 0 Å². The van der Waals surface area contributed by atoms with Gasteiger partial charge in [0.1, 0.15) is 0 Å². The summed E-state index contributed by atoms with van der Waals surface area (Å²) in [5, 5.41) is 3.51. The molecule has 58 valence electrons. The molecule has 0 saturated heterocycles. The molecule has 1 nitrogen and oxygen atoms in total. The van der Waals surface area contributed by atoms with Crippen molar-refractivity contribution in [2.24, 2.45) is 0 Å². The lowest BCUT2D eigenvalue weighted by atomic mass is 10.0. The number of rotatable bonds is 0. The van der Waals surface area contributed by atoms with E-state index in [1.165, 1.54) is 0 Å². The van der Waals surface area contributed by atoms with Gasteiger partial charge in [-0.05, 0) is 12.1 Å². The van der Waals surface area contributed by atoms with Gasteiger partial charge in [0.2, 0.25) is 0 Å². The number of pyridine rings is 1. The van der Waals surface area contributed by atoms with Crippen molar-refractivity contribution in [3.05, 3.63) is 28.2 Å². The number of fused-ring (bicyclic) bond motifs is 1. The molecule has 3 heteroatoms. The molecule has 0 aliphatic heterocycles. The van der Waals surface area contributed by atoms with Crippen molar-refractivity contribution < 1.29 is 0 Å². The monoisotopic (exact) mass is 195 g/mol. The van der Waals surface area contributed by atoms with Crippen LogP contribution in [0.1, 0.15) is 0 Å². The lowest BCUT2D eigenvalue weighted by molar-refractivity contribution is 1.47. The van der Waals surface area contributed by atoms with E-state index in [1.54, 1.807) is 0 Å². The predicted octanol–water partition coefficient (Wildman–Crippen LogP) is 3.57. The first-order chi connectivity index (χ1) is 5.77. The summed E-state index contributed by atoms with van der Waals surface area (Å²) in [5.41, 5.74) is 1.83. The number of aromatic nitrogens is 1. The maximum absolute atomic E-state index is 5.96. The molecule has 0 aliphatic rings. The van der Waals surface area contributed by atoms with Gasteiger partial charge in [-0.25, -0.2) is 4.98 Å². The molecule has 2 aromatic heterocycles. The van der Waals surface area contributed by atoms with Crippen LogP contribution in [0.25, 0.3) is 21.8 Å².